The Morgan fingerprint density at radius 2 is 2.08 bits per heavy atom. The van der Waals surface area contributed by atoms with Crippen LogP contribution in [0.15, 0.2) is 48.5 Å². The summed E-state index contributed by atoms with van der Waals surface area (Å²) in [6, 6.07) is 13.9. The van der Waals surface area contributed by atoms with Gasteiger partial charge in [-0.25, -0.2) is 0 Å². The maximum absolute atomic E-state index is 12.7. The Kier molecular flexibility index (Phi) is 4.71. The highest BCUT2D eigenvalue weighted by molar-refractivity contribution is 6.30. The number of carbonyl (C=O) groups excluding carboxylic acids is 2. The van der Waals surface area contributed by atoms with E-state index in [-0.39, 0.29) is 30.9 Å². The molecular weight excluding hydrogens is 328 g/mol. The Hall–Kier alpha value is -2.53. The van der Waals surface area contributed by atoms with Crippen LogP contribution in [0, 0.1) is 0 Å². The van der Waals surface area contributed by atoms with E-state index in [1.807, 2.05) is 25.1 Å². The van der Waals surface area contributed by atoms with Crippen molar-refractivity contribution in [3.8, 4) is 5.75 Å². The fraction of sp³-hybridized carbons (Fsp3) is 0.222. The molecule has 124 valence electrons. The van der Waals surface area contributed by atoms with E-state index in [9.17, 15) is 9.59 Å². The van der Waals surface area contributed by atoms with Crippen molar-refractivity contribution in [3.05, 3.63) is 53.6 Å². The highest BCUT2D eigenvalue weighted by atomic mass is 35.5. The molecule has 0 bridgehead atoms. The molecule has 0 saturated heterocycles. The molecule has 6 heteroatoms. The number of amides is 2. The lowest BCUT2D eigenvalue weighted by atomic mass is 10.1. The van der Waals surface area contributed by atoms with Crippen LogP contribution in [0.2, 0.25) is 5.02 Å². The zero-order valence-corrected chi connectivity index (χ0v) is 13.9. The molecule has 1 atom stereocenters. The van der Waals surface area contributed by atoms with Crippen molar-refractivity contribution in [1.82, 2.24) is 0 Å². The summed E-state index contributed by atoms with van der Waals surface area (Å²) >= 11 is 5.92. The molecule has 0 aromatic heterocycles. The number of para-hydroxylation sites is 2. The number of anilines is 2. The Labute approximate surface area is 145 Å². The molecule has 2 amide bonds. The van der Waals surface area contributed by atoms with Gasteiger partial charge >= 0.3 is 0 Å². The van der Waals surface area contributed by atoms with Crippen LogP contribution in [0.4, 0.5) is 11.4 Å². The van der Waals surface area contributed by atoms with Gasteiger partial charge in [-0.3, -0.25) is 9.59 Å². The van der Waals surface area contributed by atoms with Gasteiger partial charge in [-0.05, 0) is 37.3 Å². The lowest BCUT2D eigenvalue weighted by Gasteiger charge is -2.27. The van der Waals surface area contributed by atoms with Crippen LogP contribution >= 0.6 is 11.6 Å². The number of halogens is 1. The first-order valence-corrected chi connectivity index (χ1v) is 8.01. The summed E-state index contributed by atoms with van der Waals surface area (Å²) in [5, 5.41) is 3.37. The molecule has 2 aromatic rings. The van der Waals surface area contributed by atoms with E-state index in [0.29, 0.717) is 22.1 Å². The normalized spacial score (nSPS) is 16.8. The number of hydrogen-bond donors (Lipinski definition) is 1. The van der Waals surface area contributed by atoms with Crippen LogP contribution in [0.3, 0.4) is 0 Å². The minimum absolute atomic E-state index is 0.110. The third kappa shape index (κ3) is 3.51. The Morgan fingerprint density at radius 3 is 2.88 bits per heavy atom. The molecule has 0 spiro atoms. The van der Waals surface area contributed by atoms with Gasteiger partial charge in [0, 0.05) is 17.5 Å². The van der Waals surface area contributed by atoms with Gasteiger partial charge < -0.3 is 15.0 Å². The first-order chi connectivity index (χ1) is 11.5. The third-order valence-corrected chi connectivity index (χ3v) is 4.02. The van der Waals surface area contributed by atoms with E-state index >= 15 is 0 Å². The van der Waals surface area contributed by atoms with Crippen LogP contribution in [-0.4, -0.2) is 24.5 Å². The minimum Gasteiger partial charge on any atom is -0.484 e. The fourth-order valence-electron chi connectivity index (χ4n) is 2.74. The van der Waals surface area contributed by atoms with Crippen molar-refractivity contribution < 1.29 is 14.3 Å². The standard InChI is InChI=1S/C18H17ClN2O3/c1-12-9-17(22)20-15-7-2-3-8-16(15)21(12)18(23)11-24-14-6-4-5-13(19)10-14/h2-8,10,12H,9,11H2,1H3,(H,20,22)/t12-/m1/s1. The lowest BCUT2D eigenvalue weighted by molar-refractivity contribution is -0.121. The molecule has 3 rings (SSSR count). The Balaban J connectivity index is 1.81. The fourth-order valence-corrected chi connectivity index (χ4v) is 2.92. The van der Waals surface area contributed by atoms with E-state index < -0.39 is 0 Å². The maximum Gasteiger partial charge on any atom is 0.265 e. The first-order valence-electron chi connectivity index (χ1n) is 7.64. The highest BCUT2D eigenvalue weighted by Gasteiger charge is 2.29. The largest absolute Gasteiger partial charge is 0.484 e. The number of hydrogen-bond acceptors (Lipinski definition) is 3. The second-order valence-corrected chi connectivity index (χ2v) is 6.06. The van der Waals surface area contributed by atoms with Crippen LogP contribution in [0.5, 0.6) is 5.75 Å². The number of carbonyl (C=O) groups is 2. The van der Waals surface area contributed by atoms with Crippen LogP contribution in [-0.2, 0) is 9.59 Å². The molecule has 2 aromatic carbocycles. The molecule has 1 heterocycles. The predicted molar refractivity (Wildman–Crippen MR) is 93.6 cm³/mol. The van der Waals surface area contributed by atoms with Gasteiger partial charge in [-0.2, -0.15) is 0 Å². The second kappa shape index (κ2) is 6.93. The molecule has 1 aliphatic heterocycles. The smallest absolute Gasteiger partial charge is 0.265 e. The average molecular weight is 345 g/mol. The van der Waals surface area contributed by atoms with E-state index in [2.05, 4.69) is 5.32 Å². The number of ether oxygens (including phenoxy) is 1. The molecule has 1 aliphatic rings. The van der Waals surface area contributed by atoms with Crippen molar-refractivity contribution in [2.45, 2.75) is 19.4 Å². The summed E-state index contributed by atoms with van der Waals surface area (Å²) in [5.74, 6) is 0.202. The minimum atomic E-state index is -0.260. The van der Waals surface area contributed by atoms with E-state index in [0.717, 1.165) is 0 Å². The summed E-state index contributed by atoms with van der Waals surface area (Å²) in [6.07, 6.45) is 0.234. The van der Waals surface area contributed by atoms with E-state index in [4.69, 9.17) is 16.3 Å². The van der Waals surface area contributed by atoms with Gasteiger partial charge in [0.1, 0.15) is 5.75 Å². The summed E-state index contributed by atoms with van der Waals surface area (Å²) in [7, 11) is 0. The van der Waals surface area contributed by atoms with Gasteiger partial charge in [0.2, 0.25) is 5.91 Å². The van der Waals surface area contributed by atoms with Gasteiger partial charge in [0.05, 0.1) is 11.4 Å². The second-order valence-electron chi connectivity index (χ2n) is 5.63. The number of nitrogens with zero attached hydrogens (tertiary/aromatic N) is 1. The molecular formula is C18H17ClN2O3. The average Bonchev–Trinajstić information content (AvgIpc) is 2.67. The lowest BCUT2D eigenvalue weighted by Crippen LogP contribution is -2.41. The quantitative estimate of drug-likeness (QED) is 0.927. The molecule has 5 nitrogen and oxygen atoms in total. The molecule has 0 fully saturated rings. The molecule has 0 aliphatic carbocycles. The maximum atomic E-state index is 12.7. The zero-order chi connectivity index (χ0) is 17.1. The number of nitrogens with one attached hydrogen (secondary N) is 1. The number of benzene rings is 2. The summed E-state index contributed by atoms with van der Waals surface area (Å²) < 4.78 is 5.55. The van der Waals surface area contributed by atoms with Gasteiger partial charge in [-0.15, -0.1) is 0 Å². The molecule has 0 saturated carbocycles. The molecule has 0 unspecified atom stereocenters. The topological polar surface area (TPSA) is 58.6 Å². The third-order valence-electron chi connectivity index (χ3n) is 3.79. The van der Waals surface area contributed by atoms with Crippen LogP contribution in [0.25, 0.3) is 0 Å². The molecule has 24 heavy (non-hydrogen) atoms. The predicted octanol–water partition coefficient (Wildman–Crippen LogP) is 3.48. The van der Waals surface area contributed by atoms with E-state index in [1.54, 1.807) is 35.2 Å². The summed E-state index contributed by atoms with van der Waals surface area (Å²) in [5.41, 5.74) is 1.30. The van der Waals surface area contributed by atoms with Crippen molar-refractivity contribution >= 4 is 34.8 Å². The summed E-state index contributed by atoms with van der Waals surface area (Å²) in [4.78, 5) is 26.3. The van der Waals surface area contributed by atoms with Crippen molar-refractivity contribution in [1.29, 1.82) is 0 Å². The monoisotopic (exact) mass is 344 g/mol. The van der Waals surface area contributed by atoms with Crippen LogP contribution < -0.4 is 15.0 Å². The first kappa shape index (κ1) is 16.3. The SMILES string of the molecule is C[C@@H]1CC(=O)Nc2ccccc2N1C(=O)COc1cccc(Cl)c1. The van der Waals surface area contributed by atoms with Crippen molar-refractivity contribution in [2.75, 3.05) is 16.8 Å². The van der Waals surface area contributed by atoms with E-state index in [1.165, 1.54) is 0 Å². The Morgan fingerprint density at radius 1 is 1.29 bits per heavy atom. The highest BCUT2D eigenvalue weighted by Crippen LogP contribution is 2.31. The van der Waals surface area contributed by atoms with Gasteiger partial charge in [-0.1, -0.05) is 29.8 Å². The summed E-state index contributed by atoms with van der Waals surface area (Å²) in [6.45, 7) is 1.71. The van der Waals surface area contributed by atoms with Crippen molar-refractivity contribution in [2.24, 2.45) is 0 Å². The zero-order valence-electron chi connectivity index (χ0n) is 13.2. The van der Waals surface area contributed by atoms with Gasteiger partial charge in [0.15, 0.2) is 6.61 Å². The molecule has 1 N–H and O–H groups in total. The van der Waals surface area contributed by atoms with Crippen molar-refractivity contribution in [3.63, 3.8) is 0 Å². The number of fused-ring (bicyclic) bond motifs is 1. The molecule has 0 radical (unpaired) electrons. The van der Waals surface area contributed by atoms with Gasteiger partial charge in [0.25, 0.3) is 5.91 Å². The Bertz CT molecular complexity index is 778. The van der Waals surface area contributed by atoms with Crippen LogP contribution in [0.1, 0.15) is 13.3 Å². The number of rotatable bonds is 3.